The molecule has 2 aromatic rings. The van der Waals surface area contributed by atoms with Gasteiger partial charge in [-0.3, -0.25) is 4.79 Å². The van der Waals surface area contributed by atoms with E-state index in [9.17, 15) is 9.59 Å². The van der Waals surface area contributed by atoms with E-state index >= 15 is 0 Å². The molecule has 1 fully saturated rings. The smallest absolute Gasteiger partial charge is 0.338 e. The van der Waals surface area contributed by atoms with Crippen LogP contribution in [-0.4, -0.2) is 61.9 Å². The molecule has 4 aliphatic rings. The van der Waals surface area contributed by atoms with Gasteiger partial charge < -0.3 is 23.8 Å². The molecule has 2 heterocycles. The van der Waals surface area contributed by atoms with Crippen molar-refractivity contribution in [3.05, 3.63) is 71.3 Å². The number of ether oxygens (including phenoxy) is 4. The van der Waals surface area contributed by atoms with Crippen LogP contribution in [-0.2, 0) is 26.1 Å². The third kappa shape index (κ3) is 4.05. The molecule has 7 nitrogen and oxygen atoms in total. The third-order valence-corrected chi connectivity index (χ3v) is 8.46. The summed E-state index contributed by atoms with van der Waals surface area (Å²) in [5, 5.41) is 0. The Morgan fingerprint density at radius 2 is 1.89 bits per heavy atom. The molecule has 5 atom stereocenters. The van der Waals surface area contributed by atoms with Crippen LogP contribution in [0.25, 0.3) is 0 Å². The highest BCUT2D eigenvalue weighted by atomic mass is 16.6. The Balaban J connectivity index is 1.15. The van der Waals surface area contributed by atoms with Crippen LogP contribution in [0.3, 0.4) is 0 Å². The first-order valence-electron chi connectivity index (χ1n) is 13.2. The first-order valence-corrected chi connectivity index (χ1v) is 13.2. The molecule has 2 bridgehead atoms. The number of hydrogen-bond donors (Lipinski definition) is 0. The minimum atomic E-state index is -0.348. The zero-order chi connectivity index (χ0) is 25.6. The van der Waals surface area contributed by atoms with Crippen LogP contribution < -0.4 is 9.47 Å². The van der Waals surface area contributed by atoms with E-state index in [0.717, 1.165) is 38.0 Å². The fraction of sp³-hybridized carbons (Fsp3) is 0.467. The fourth-order valence-electron chi connectivity index (χ4n) is 6.83. The standard InChI is InChI=1S/C30H33NO6/c1-19(32)36-24-12-10-21-18-23-22-11-13-25(28-30(22,14-15-31(23)2)26(21)27(24)37-28)34-16-6-7-17-35-29(33)20-8-4-3-5-9-20/h3-5,8-13,22-23,25,28H,6-7,14-18H2,1-2H3/t22-,23+,25?,28?,30-/m0/s1. The van der Waals surface area contributed by atoms with Gasteiger partial charge in [-0.1, -0.05) is 36.4 Å². The van der Waals surface area contributed by atoms with Gasteiger partial charge in [0.25, 0.3) is 0 Å². The maximum atomic E-state index is 12.1. The highest BCUT2D eigenvalue weighted by Gasteiger charge is 2.64. The Hall–Kier alpha value is -3.16. The number of benzene rings is 2. The number of carbonyl (C=O) groups excluding carboxylic acids is 2. The van der Waals surface area contributed by atoms with Crippen LogP contribution in [0.2, 0.25) is 0 Å². The molecule has 2 aromatic carbocycles. The van der Waals surface area contributed by atoms with E-state index in [0.29, 0.717) is 36.5 Å². The molecule has 0 N–H and O–H groups in total. The molecule has 0 amide bonds. The van der Waals surface area contributed by atoms with E-state index < -0.39 is 0 Å². The van der Waals surface area contributed by atoms with Crippen molar-refractivity contribution >= 4 is 11.9 Å². The molecular weight excluding hydrogens is 470 g/mol. The second kappa shape index (κ2) is 9.62. The monoisotopic (exact) mass is 503 g/mol. The minimum Gasteiger partial charge on any atom is -0.482 e. The number of hydrogen-bond acceptors (Lipinski definition) is 7. The van der Waals surface area contributed by atoms with Crippen LogP contribution in [0.1, 0.15) is 47.7 Å². The molecule has 0 saturated carbocycles. The normalized spacial score (nSPS) is 28.8. The lowest BCUT2D eigenvalue weighted by atomic mass is 9.53. The summed E-state index contributed by atoms with van der Waals surface area (Å²) in [6.45, 7) is 3.32. The van der Waals surface area contributed by atoms with Gasteiger partial charge in [0.15, 0.2) is 11.5 Å². The van der Waals surface area contributed by atoms with Gasteiger partial charge in [0, 0.05) is 36.5 Å². The number of likely N-dealkylation sites (tertiary alicyclic amines) is 1. The van der Waals surface area contributed by atoms with Crippen molar-refractivity contribution < 1.29 is 28.5 Å². The van der Waals surface area contributed by atoms with E-state index in [4.69, 9.17) is 18.9 Å². The van der Waals surface area contributed by atoms with E-state index in [1.54, 1.807) is 12.1 Å². The number of nitrogens with zero attached hydrogens (tertiary/aromatic N) is 1. The van der Waals surface area contributed by atoms with Gasteiger partial charge in [-0.2, -0.15) is 0 Å². The van der Waals surface area contributed by atoms with Gasteiger partial charge in [-0.15, -0.1) is 0 Å². The van der Waals surface area contributed by atoms with Crippen molar-refractivity contribution in [2.45, 2.75) is 56.3 Å². The minimum absolute atomic E-state index is 0.166. The van der Waals surface area contributed by atoms with Gasteiger partial charge in [-0.25, -0.2) is 4.79 Å². The van der Waals surface area contributed by atoms with E-state index in [1.807, 2.05) is 24.3 Å². The molecule has 2 aliphatic carbocycles. The third-order valence-electron chi connectivity index (χ3n) is 8.46. The summed E-state index contributed by atoms with van der Waals surface area (Å²) in [6.07, 6.45) is 7.56. The summed E-state index contributed by atoms with van der Waals surface area (Å²) in [7, 11) is 2.21. The number of unbranched alkanes of at least 4 members (excludes halogenated alkanes) is 1. The lowest BCUT2D eigenvalue weighted by Crippen LogP contribution is -2.65. The Bertz CT molecular complexity index is 1230. The molecule has 0 radical (unpaired) electrons. The summed E-state index contributed by atoms with van der Waals surface area (Å²) in [5.41, 5.74) is 2.89. The summed E-state index contributed by atoms with van der Waals surface area (Å²) >= 11 is 0. The van der Waals surface area contributed by atoms with Crippen molar-refractivity contribution in [2.75, 3.05) is 26.8 Å². The van der Waals surface area contributed by atoms with Gasteiger partial charge in [0.1, 0.15) is 12.2 Å². The molecule has 7 heteroatoms. The van der Waals surface area contributed by atoms with Crippen molar-refractivity contribution in [1.29, 1.82) is 0 Å². The molecule has 1 spiro atoms. The van der Waals surface area contributed by atoms with Gasteiger partial charge in [-0.05, 0) is 63.0 Å². The second-order valence-corrected chi connectivity index (χ2v) is 10.6. The average Bonchev–Trinajstić information content (AvgIpc) is 3.25. The van der Waals surface area contributed by atoms with Crippen molar-refractivity contribution in [3.8, 4) is 11.5 Å². The Morgan fingerprint density at radius 1 is 1.08 bits per heavy atom. The van der Waals surface area contributed by atoms with Crippen molar-refractivity contribution in [1.82, 2.24) is 4.90 Å². The molecule has 194 valence electrons. The Morgan fingerprint density at radius 3 is 2.70 bits per heavy atom. The first-order chi connectivity index (χ1) is 18.0. The molecule has 2 aliphatic heterocycles. The number of esters is 2. The van der Waals surface area contributed by atoms with Gasteiger partial charge >= 0.3 is 11.9 Å². The van der Waals surface area contributed by atoms with Crippen LogP contribution >= 0.6 is 0 Å². The topological polar surface area (TPSA) is 74.3 Å². The van der Waals surface area contributed by atoms with E-state index in [1.165, 1.54) is 18.1 Å². The molecular formula is C30H33NO6. The number of rotatable bonds is 8. The summed E-state index contributed by atoms with van der Waals surface area (Å²) in [6, 6.07) is 13.4. The zero-order valence-electron chi connectivity index (χ0n) is 21.4. The Labute approximate surface area is 217 Å². The van der Waals surface area contributed by atoms with Crippen LogP contribution in [0.5, 0.6) is 11.5 Å². The van der Waals surface area contributed by atoms with Crippen molar-refractivity contribution in [3.63, 3.8) is 0 Å². The van der Waals surface area contributed by atoms with Gasteiger partial charge in [0.2, 0.25) is 0 Å². The predicted octanol–water partition coefficient (Wildman–Crippen LogP) is 4.08. The van der Waals surface area contributed by atoms with E-state index in [2.05, 4.69) is 30.2 Å². The number of piperidine rings is 1. The summed E-state index contributed by atoms with van der Waals surface area (Å²) in [4.78, 5) is 26.4. The highest BCUT2D eigenvalue weighted by Crippen LogP contribution is 2.62. The highest BCUT2D eigenvalue weighted by molar-refractivity contribution is 5.89. The van der Waals surface area contributed by atoms with Gasteiger partial charge in [0.05, 0.1) is 12.2 Å². The molecule has 1 saturated heterocycles. The largest absolute Gasteiger partial charge is 0.482 e. The molecule has 37 heavy (non-hydrogen) atoms. The first kappa shape index (κ1) is 24.2. The maximum Gasteiger partial charge on any atom is 0.338 e. The van der Waals surface area contributed by atoms with Crippen LogP contribution in [0.4, 0.5) is 0 Å². The molecule has 2 unspecified atom stereocenters. The second-order valence-electron chi connectivity index (χ2n) is 10.6. The number of carbonyl (C=O) groups is 2. The summed E-state index contributed by atoms with van der Waals surface area (Å²) < 4.78 is 24.0. The SMILES string of the molecule is CC(=O)Oc1ccc2c3c1OC1C(OCCCCOC(=O)c4ccccc4)C=C[C@H]4[C@@H](C2)N(C)CC[C@]314. The van der Waals surface area contributed by atoms with Crippen LogP contribution in [0, 0.1) is 5.92 Å². The lowest BCUT2D eigenvalue weighted by molar-refractivity contribution is -0.132. The van der Waals surface area contributed by atoms with E-state index in [-0.39, 0.29) is 29.6 Å². The molecule has 6 rings (SSSR count). The lowest BCUT2D eigenvalue weighted by Gasteiger charge is -2.56. The fourth-order valence-corrected chi connectivity index (χ4v) is 6.83. The maximum absolute atomic E-state index is 12.1. The van der Waals surface area contributed by atoms with Crippen LogP contribution in [0.15, 0.2) is 54.6 Å². The Kier molecular flexibility index (Phi) is 6.29. The average molecular weight is 504 g/mol. The number of likely N-dealkylation sites (N-methyl/N-ethyl adjacent to an activating group) is 1. The summed E-state index contributed by atoms with van der Waals surface area (Å²) in [5.74, 6) is 0.906. The zero-order valence-corrected chi connectivity index (χ0v) is 21.4. The van der Waals surface area contributed by atoms with Crippen molar-refractivity contribution in [2.24, 2.45) is 5.92 Å². The predicted molar refractivity (Wildman–Crippen MR) is 137 cm³/mol. The molecule has 0 aromatic heterocycles. The quantitative estimate of drug-likeness (QED) is 0.233.